The summed E-state index contributed by atoms with van der Waals surface area (Å²) in [6.45, 7) is 1.71. The van der Waals surface area contributed by atoms with Crippen molar-refractivity contribution in [2.45, 2.75) is 13.1 Å². The maximum absolute atomic E-state index is 13.5. The molecular formula is C22H15F4N3O. The lowest BCUT2D eigenvalue weighted by molar-refractivity contribution is -0.137. The molecule has 0 spiro atoms. The van der Waals surface area contributed by atoms with E-state index in [1.807, 2.05) is 0 Å². The van der Waals surface area contributed by atoms with Crippen LogP contribution in [-0.2, 0) is 6.18 Å². The summed E-state index contributed by atoms with van der Waals surface area (Å²) >= 11 is 0. The van der Waals surface area contributed by atoms with Crippen molar-refractivity contribution in [3.63, 3.8) is 0 Å². The number of anilines is 2. The Hall–Kier alpha value is -3.68. The van der Waals surface area contributed by atoms with E-state index in [0.717, 1.165) is 12.1 Å². The van der Waals surface area contributed by atoms with Gasteiger partial charge in [-0.3, -0.25) is 0 Å². The number of hydrogen-bond donors (Lipinski definition) is 1. The molecule has 0 amide bonds. The van der Waals surface area contributed by atoms with Crippen LogP contribution in [-0.4, -0.2) is 9.97 Å². The molecule has 0 aliphatic heterocycles. The van der Waals surface area contributed by atoms with Gasteiger partial charge in [-0.25, -0.2) is 14.4 Å². The molecule has 1 aromatic heterocycles. The highest BCUT2D eigenvalue weighted by molar-refractivity contribution is 5.90. The van der Waals surface area contributed by atoms with E-state index < -0.39 is 11.7 Å². The second kappa shape index (κ2) is 7.62. The van der Waals surface area contributed by atoms with Crippen molar-refractivity contribution in [2.75, 3.05) is 5.32 Å². The summed E-state index contributed by atoms with van der Waals surface area (Å²) in [5, 5.41) is 3.81. The first-order chi connectivity index (χ1) is 14.3. The highest BCUT2D eigenvalue weighted by Crippen LogP contribution is 2.33. The molecular weight excluding hydrogens is 398 g/mol. The maximum Gasteiger partial charge on any atom is 0.416 e. The Morgan fingerprint density at radius 2 is 1.63 bits per heavy atom. The number of ether oxygens (including phenoxy) is 1. The first-order valence-corrected chi connectivity index (χ1v) is 8.94. The van der Waals surface area contributed by atoms with Gasteiger partial charge in [-0.15, -0.1) is 0 Å². The van der Waals surface area contributed by atoms with Crippen molar-refractivity contribution < 1.29 is 22.3 Å². The molecule has 0 radical (unpaired) electrons. The Kier molecular flexibility index (Phi) is 4.99. The topological polar surface area (TPSA) is 47.0 Å². The van der Waals surface area contributed by atoms with E-state index in [1.165, 1.54) is 24.3 Å². The van der Waals surface area contributed by atoms with Crippen molar-refractivity contribution in [3.8, 4) is 11.5 Å². The Bertz CT molecular complexity index is 1200. The minimum Gasteiger partial charge on any atom is -0.457 e. The fourth-order valence-electron chi connectivity index (χ4n) is 2.93. The molecule has 0 aliphatic carbocycles. The number of aryl methyl sites for hydroxylation is 1. The quantitative estimate of drug-likeness (QED) is 0.382. The first-order valence-electron chi connectivity index (χ1n) is 8.94. The van der Waals surface area contributed by atoms with Crippen LogP contribution >= 0.6 is 0 Å². The lowest BCUT2D eigenvalue weighted by Crippen LogP contribution is -2.04. The molecule has 0 unspecified atom stereocenters. The molecule has 4 rings (SSSR count). The maximum atomic E-state index is 13.5. The zero-order chi connectivity index (χ0) is 21.3. The van der Waals surface area contributed by atoms with Gasteiger partial charge < -0.3 is 10.1 Å². The monoisotopic (exact) mass is 413 g/mol. The fourth-order valence-corrected chi connectivity index (χ4v) is 2.93. The SMILES string of the molecule is Cc1nc(Nc2ccc(Oc3cccc(C(F)(F)F)c3)cc2)c2ccc(F)cc2n1. The second-order valence-electron chi connectivity index (χ2n) is 6.56. The van der Waals surface area contributed by atoms with Gasteiger partial charge in [-0.1, -0.05) is 6.07 Å². The van der Waals surface area contributed by atoms with Crippen molar-refractivity contribution in [1.82, 2.24) is 9.97 Å². The van der Waals surface area contributed by atoms with E-state index in [2.05, 4.69) is 15.3 Å². The number of hydrogen-bond acceptors (Lipinski definition) is 4. The first kappa shape index (κ1) is 19.6. The standard InChI is InChI=1S/C22H15F4N3O/c1-13-27-20-12-15(23)5-10-19(20)21(28-13)29-16-6-8-17(9-7-16)30-18-4-2-3-14(11-18)22(24,25)26/h2-12H,1H3,(H,27,28,29). The smallest absolute Gasteiger partial charge is 0.416 e. The van der Waals surface area contributed by atoms with Gasteiger partial charge >= 0.3 is 6.18 Å². The van der Waals surface area contributed by atoms with Gasteiger partial charge in [0.25, 0.3) is 0 Å². The highest BCUT2D eigenvalue weighted by atomic mass is 19.4. The van der Waals surface area contributed by atoms with E-state index in [0.29, 0.717) is 34.0 Å². The lowest BCUT2D eigenvalue weighted by atomic mass is 10.2. The molecule has 4 aromatic rings. The average Bonchev–Trinajstić information content (AvgIpc) is 2.68. The Morgan fingerprint density at radius 1 is 0.867 bits per heavy atom. The van der Waals surface area contributed by atoms with Crippen LogP contribution in [0.15, 0.2) is 66.7 Å². The van der Waals surface area contributed by atoms with Gasteiger partial charge in [0, 0.05) is 17.1 Å². The van der Waals surface area contributed by atoms with E-state index in [-0.39, 0.29) is 11.6 Å². The Morgan fingerprint density at radius 3 is 2.37 bits per heavy atom. The van der Waals surface area contributed by atoms with Crippen LogP contribution in [0.4, 0.5) is 29.1 Å². The van der Waals surface area contributed by atoms with Gasteiger partial charge in [-0.2, -0.15) is 13.2 Å². The molecule has 152 valence electrons. The predicted molar refractivity (Wildman–Crippen MR) is 105 cm³/mol. The number of benzene rings is 3. The highest BCUT2D eigenvalue weighted by Gasteiger charge is 2.30. The molecule has 8 heteroatoms. The van der Waals surface area contributed by atoms with Crippen LogP contribution in [0.1, 0.15) is 11.4 Å². The van der Waals surface area contributed by atoms with Gasteiger partial charge in [-0.05, 0) is 61.5 Å². The number of aromatic nitrogens is 2. The van der Waals surface area contributed by atoms with Gasteiger partial charge in [0.1, 0.15) is 29.0 Å². The van der Waals surface area contributed by atoms with Crippen molar-refractivity contribution in [3.05, 3.63) is 83.9 Å². The zero-order valence-electron chi connectivity index (χ0n) is 15.7. The third kappa shape index (κ3) is 4.32. The van der Waals surface area contributed by atoms with E-state index in [9.17, 15) is 17.6 Å². The second-order valence-corrected chi connectivity index (χ2v) is 6.56. The molecule has 1 heterocycles. The number of halogens is 4. The van der Waals surface area contributed by atoms with Crippen molar-refractivity contribution in [1.29, 1.82) is 0 Å². The molecule has 4 nitrogen and oxygen atoms in total. The van der Waals surface area contributed by atoms with Crippen LogP contribution in [0.3, 0.4) is 0 Å². The molecule has 0 saturated carbocycles. The van der Waals surface area contributed by atoms with Crippen LogP contribution in [0.2, 0.25) is 0 Å². The molecule has 0 atom stereocenters. The number of nitrogens with one attached hydrogen (secondary N) is 1. The van der Waals surface area contributed by atoms with Crippen molar-refractivity contribution in [2.24, 2.45) is 0 Å². The third-order valence-corrected chi connectivity index (χ3v) is 4.28. The van der Waals surface area contributed by atoms with Crippen LogP contribution in [0.25, 0.3) is 10.9 Å². The minimum absolute atomic E-state index is 0.0879. The number of alkyl halides is 3. The molecule has 30 heavy (non-hydrogen) atoms. The fraction of sp³-hybridized carbons (Fsp3) is 0.0909. The van der Waals surface area contributed by atoms with Crippen LogP contribution < -0.4 is 10.1 Å². The molecule has 3 aromatic carbocycles. The largest absolute Gasteiger partial charge is 0.457 e. The molecule has 0 bridgehead atoms. The summed E-state index contributed by atoms with van der Waals surface area (Å²) in [7, 11) is 0. The number of nitrogens with zero attached hydrogens (tertiary/aromatic N) is 2. The summed E-state index contributed by atoms with van der Waals surface area (Å²) in [5.74, 6) is 1.09. The van der Waals surface area contributed by atoms with Gasteiger partial charge in [0.15, 0.2) is 0 Å². The summed E-state index contributed by atoms with van der Waals surface area (Å²) in [6, 6.07) is 15.6. The zero-order valence-corrected chi connectivity index (χ0v) is 15.7. The summed E-state index contributed by atoms with van der Waals surface area (Å²) in [6.07, 6.45) is -4.44. The molecule has 0 saturated heterocycles. The lowest BCUT2D eigenvalue weighted by Gasteiger charge is -2.12. The van der Waals surface area contributed by atoms with E-state index in [4.69, 9.17) is 4.74 Å². The molecule has 0 aliphatic rings. The van der Waals surface area contributed by atoms with Gasteiger partial charge in [0.2, 0.25) is 0 Å². The van der Waals surface area contributed by atoms with Crippen molar-refractivity contribution >= 4 is 22.4 Å². The summed E-state index contributed by atoms with van der Waals surface area (Å²) < 4.78 is 57.5. The predicted octanol–water partition coefficient (Wildman–Crippen LogP) is 6.63. The molecule has 0 fully saturated rings. The summed E-state index contributed by atoms with van der Waals surface area (Å²) in [4.78, 5) is 8.60. The van der Waals surface area contributed by atoms with Crippen LogP contribution in [0, 0.1) is 12.7 Å². The Balaban J connectivity index is 1.55. The van der Waals surface area contributed by atoms with Crippen LogP contribution in [0.5, 0.6) is 11.5 Å². The normalized spacial score (nSPS) is 11.5. The third-order valence-electron chi connectivity index (χ3n) is 4.28. The van der Waals surface area contributed by atoms with E-state index >= 15 is 0 Å². The van der Waals surface area contributed by atoms with Gasteiger partial charge in [0.05, 0.1) is 11.1 Å². The Labute approximate surface area is 169 Å². The number of fused-ring (bicyclic) bond motifs is 1. The molecule has 1 N–H and O–H groups in total. The number of rotatable bonds is 4. The minimum atomic E-state index is -4.44. The average molecular weight is 413 g/mol. The van der Waals surface area contributed by atoms with E-state index in [1.54, 1.807) is 37.3 Å². The summed E-state index contributed by atoms with van der Waals surface area (Å²) in [5.41, 5.74) is 0.380.